The number of alkyl carbamates (subject to hydrolysis) is 1. The number of hydrogen-bond acceptors (Lipinski definition) is 6. The summed E-state index contributed by atoms with van der Waals surface area (Å²) in [6, 6.07) is 9.16. The van der Waals surface area contributed by atoms with Gasteiger partial charge in [-0.2, -0.15) is 0 Å². The minimum absolute atomic E-state index is 0.109. The van der Waals surface area contributed by atoms with Gasteiger partial charge in [0.1, 0.15) is 19.4 Å². The molecule has 0 atom stereocenters. The lowest BCUT2D eigenvalue weighted by molar-refractivity contribution is -0.120. The maximum absolute atomic E-state index is 12.1. The third-order valence-electron chi connectivity index (χ3n) is 2.73. The summed E-state index contributed by atoms with van der Waals surface area (Å²) in [6.07, 6.45) is -0.972. The average molecular weight is 358 g/mol. The number of hydrogen-bond donors (Lipinski definition) is 2. The van der Waals surface area contributed by atoms with E-state index >= 15 is 0 Å². The van der Waals surface area contributed by atoms with Gasteiger partial charge in [-0.3, -0.25) is 9.36 Å². The topological polar surface area (TPSA) is 103 Å². The molecule has 0 radical (unpaired) electrons. The molecule has 0 aliphatic heterocycles. The Labute approximate surface area is 141 Å². The highest BCUT2D eigenvalue weighted by molar-refractivity contribution is 7.53. The van der Waals surface area contributed by atoms with Crippen LogP contribution in [0.2, 0.25) is 0 Å². The lowest BCUT2D eigenvalue weighted by Gasteiger charge is -2.17. The maximum atomic E-state index is 12.1. The molecule has 0 fully saturated rings. The van der Waals surface area contributed by atoms with Crippen LogP contribution in [0, 0.1) is 0 Å². The van der Waals surface area contributed by atoms with Crippen LogP contribution in [0.1, 0.15) is 19.4 Å². The van der Waals surface area contributed by atoms with E-state index < -0.39 is 19.6 Å². The van der Waals surface area contributed by atoms with Crippen molar-refractivity contribution in [1.29, 1.82) is 0 Å². The fraction of sp³-hybridized carbons (Fsp3) is 0.467. The molecule has 0 saturated heterocycles. The summed E-state index contributed by atoms with van der Waals surface area (Å²) in [7, 11) is -3.35. The Kier molecular flexibility index (Phi) is 9.07. The Morgan fingerprint density at radius 1 is 1.04 bits per heavy atom. The molecule has 0 unspecified atom stereocenters. The number of amides is 2. The number of carbonyl (C=O) groups is 2. The van der Waals surface area contributed by atoms with E-state index in [1.54, 1.807) is 13.8 Å². The monoisotopic (exact) mass is 358 g/mol. The van der Waals surface area contributed by atoms with Crippen molar-refractivity contribution in [2.45, 2.75) is 20.5 Å². The van der Waals surface area contributed by atoms with Gasteiger partial charge < -0.3 is 24.4 Å². The number of rotatable bonds is 10. The molecule has 0 bridgehead atoms. The highest BCUT2D eigenvalue weighted by atomic mass is 31.2. The van der Waals surface area contributed by atoms with E-state index in [0.29, 0.717) is 0 Å². The van der Waals surface area contributed by atoms with E-state index in [9.17, 15) is 14.2 Å². The van der Waals surface area contributed by atoms with Crippen molar-refractivity contribution < 1.29 is 27.9 Å². The number of benzene rings is 1. The van der Waals surface area contributed by atoms with Crippen molar-refractivity contribution in [1.82, 2.24) is 10.6 Å². The second kappa shape index (κ2) is 10.8. The Morgan fingerprint density at radius 3 is 2.25 bits per heavy atom. The summed E-state index contributed by atoms with van der Waals surface area (Å²) in [5, 5.41) is 4.71. The largest absolute Gasteiger partial charge is 0.445 e. The minimum atomic E-state index is -3.35. The van der Waals surface area contributed by atoms with Gasteiger partial charge in [0, 0.05) is 0 Å². The van der Waals surface area contributed by atoms with Gasteiger partial charge in [-0.25, -0.2) is 4.79 Å². The first-order valence-corrected chi connectivity index (χ1v) is 9.31. The van der Waals surface area contributed by atoms with Gasteiger partial charge in [0.15, 0.2) is 0 Å². The first-order chi connectivity index (χ1) is 11.5. The fourth-order valence-electron chi connectivity index (χ4n) is 1.70. The Morgan fingerprint density at radius 2 is 1.67 bits per heavy atom. The van der Waals surface area contributed by atoms with Gasteiger partial charge in [-0.1, -0.05) is 30.3 Å². The van der Waals surface area contributed by atoms with Gasteiger partial charge >= 0.3 is 13.7 Å². The molecule has 24 heavy (non-hydrogen) atoms. The summed E-state index contributed by atoms with van der Waals surface area (Å²) in [5.74, 6) is -0.522. The molecule has 0 heterocycles. The summed E-state index contributed by atoms with van der Waals surface area (Å²) in [4.78, 5) is 23.2. The van der Waals surface area contributed by atoms with Crippen molar-refractivity contribution in [3.05, 3.63) is 35.9 Å². The third kappa shape index (κ3) is 8.10. The van der Waals surface area contributed by atoms with E-state index in [2.05, 4.69) is 10.6 Å². The van der Waals surface area contributed by atoms with Gasteiger partial charge in [-0.15, -0.1) is 0 Å². The summed E-state index contributed by atoms with van der Waals surface area (Å²) in [6.45, 7) is 3.58. The molecule has 1 aromatic rings. The maximum Gasteiger partial charge on any atom is 0.407 e. The predicted octanol–water partition coefficient (Wildman–Crippen LogP) is 2.25. The molecular weight excluding hydrogens is 335 g/mol. The molecule has 0 spiro atoms. The molecular formula is C15H23N2O6P. The molecule has 134 valence electrons. The lowest BCUT2D eigenvalue weighted by Crippen LogP contribution is -2.37. The fourth-order valence-corrected chi connectivity index (χ4v) is 3.11. The molecule has 0 saturated carbocycles. The number of nitrogens with one attached hydrogen (secondary N) is 2. The van der Waals surface area contributed by atoms with Crippen LogP contribution in [0.15, 0.2) is 30.3 Å². The standard InChI is InChI=1S/C15H23N2O6P/c1-3-22-24(20,23-4-2)12-17-14(18)10-16-15(19)21-11-13-8-6-5-7-9-13/h5-9H,3-4,10-12H2,1-2H3,(H,16,19)(H,17,18). The molecule has 0 aliphatic carbocycles. The zero-order valence-electron chi connectivity index (χ0n) is 13.8. The summed E-state index contributed by atoms with van der Waals surface area (Å²) < 4.78 is 27.2. The van der Waals surface area contributed by atoms with Crippen molar-refractivity contribution in [3.63, 3.8) is 0 Å². The van der Waals surface area contributed by atoms with Crippen LogP contribution in [0.25, 0.3) is 0 Å². The number of ether oxygens (including phenoxy) is 1. The number of carbonyl (C=O) groups excluding carboxylic acids is 2. The molecule has 2 amide bonds. The van der Waals surface area contributed by atoms with Crippen LogP contribution in [0.3, 0.4) is 0 Å². The van der Waals surface area contributed by atoms with Crippen LogP contribution < -0.4 is 10.6 Å². The predicted molar refractivity (Wildman–Crippen MR) is 88.5 cm³/mol. The third-order valence-corrected chi connectivity index (χ3v) is 4.58. The summed E-state index contributed by atoms with van der Waals surface area (Å²) >= 11 is 0. The molecule has 9 heteroatoms. The zero-order valence-corrected chi connectivity index (χ0v) is 14.7. The van der Waals surface area contributed by atoms with Crippen LogP contribution in [-0.4, -0.2) is 38.0 Å². The SMILES string of the molecule is CCOP(=O)(CNC(=O)CNC(=O)OCc1ccccc1)OCC. The Balaban J connectivity index is 2.27. The van der Waals surface area contributed by atoms with Gasteiger partial charge in [-0.05, 0) is 19.4 Å². The molecule has 1 aromatic carbocycles. The van der Waals surface area contributed by atoms with Crippen LogP contribution in [-0.2, 0) is 29.8 Å². The summed E-state index contributed by atoms with van der Waals surface area (Å²) in [5.41, 5.74) is 0.839. The van der Waals surface area contributed by atoms with E-state index in [0.717, 1.165) is 5.56 Å². The molecule has 0 aromatic heterocycles. The smallest absolute Gasteiger partial charge is 0.407 e. The molecule has 2 N–H and O–H groups in total. The quantitative estimate of drug-likeness (QED) is 0.622. The second-order valence-corrected chi connectivity index (χ2v) is 6.67. The van der Waals surface area contributed by atoms with Crippen LogP contribution in [0.5, 0.6) is 0 Å². The molecule has 1 rings (SSSR count). The molecule has 0 aliphatic rings. The Hall–Kier alpha value is -1.89. The average Bonchev–Trinajstić information content (AvgIpc) is 2.58. The highest BCUT2D eigenvalue weighted by Crippen LogP contribution is 2.46. The van der Waals surface area contributed by atoms with E-state index in [1.165, 1.54) is 0 Å². The Bertz CT molecular complexity index is 556. The van der Waals surface area contributed by atoms with Gasteiger partial charge in [0.25, 0.3) is 0 Å². The normalized spacial score (nSPS) is 10.9. The van der Waals surface area contributed by atoms with Crippen molar-refractivity contribution >= 4 is 19.6 Å². The van der Waals surface area contributed by atoms with Gasteiger partial charge in [0.05, 0.1) is 13.2 Å². The van der Waals surface area contributed by atoms with E-state index in [4.69, 9.17) is 13.8 Å². The minimum Gasteiger partial charge on any atom is -0.445 e. The lowest BCUT2D eigenvalue weighted by atomic mass is 10.2. The van der Waals surface area contributed by atoms with Crippen molar-refractivity contribution in [2.75, 3.05) is 26.0 Å². The van der Waals surface area contributed by atoms with E-state index in [1.807, 2.05) is 30.3 Å². The van der Waals surface area contributed by atoms with E-state index in [-0.39, 0.29) is 32.7 Å². The molecule has 8 nitrogen and oxygen atoms in total. The zero-order chi connectivity index (χ0) is 17.8. The van der Waals surface area contributed by atoms with Gasteiger partial charge in [0.2, 0.25) is 5.91 Å². The second-order valence-electron chi connectivity index (χ2n) is 4.62. The highest BCUT2D eigenvalue weighted by Gasteiger charge is 2.24. The van der Waals surface area contributed by atoms with Crippen LogP contribution >= 0.6 is 7.60 Å². The first-order valence-electron chi connectivity index (χ1n) is 7.58. The first kappa shape index (κ1) is 20.2. The van der Waals surface area contributed by atoms with Crippen molar-refractivity contribution in [3.8, 4) is 0 Å². The van der Waals surface area contributed by atoms with Crippen molar-refractivity contribution in [2.24, 2.45) is 0 Å². The van der Waals surface area contributed by atoms with Crippen LogP contribution in [0.4, 0.5) is 4.79 Å².